The lowest BCUT2D eigenvalue weighted by Crippen LogP contribution is -2.28. The summed E-state index contributed by atoms with van der Waals surface area (Å²) in [4.78, 5) is 30.8. The molecule has 7 nitrogen and oxygen atoms in total. The monoisotopic (exact) mass is 454 g/mol. The van der Waals surface area contributed by atoms with E-state index in [1.807, 2.05) is 38.1 Å². The van der Waals surface area contributed by atoms with Gasteiger partial charge in [0.25, 0.3) is 5.91 Å². The number of nitrogens with zero attached hydrogens (tertiary/aromatic N) is 2. The first-order valence-electron chi connectivity index (χ1n) is 10.5. The van der Waals surface area contributed by atoms with E-state index in [1.165, 1.54) is 11.8 Å². The van der Waals surface area contributed by atoms with Gasteiger partial charge in [-0.25, -0.2) is 9.79 Å². The summed E-state index contributed by atoms with van der Waals surface area (Å²) in [6, 6.07) is 13.1. The Morgan fingerprint density at radius 1 is 1.12 bits per heavy atom. The summed E-state index contributed by atoms with van der Waals surface area (Å²) < 4.78 is 10.9. The number of ether oxygens (including phenoxy) is 2. The van der Waals surface area contributed by atoms with Crippen molar-refractivity contribution < 1.29 is 24.2 Å². The van der Waals surface area contributed by atoms with Crippen molar-refractivity contribution in [2.24, 2.45) is 4.99 Å². The van der Waals surface area contributed by atoms with Crippen molar-refractivity contribution in [3.05, 3.63) is 58.5 Å². The van der Waals surface area contributed by atoms with Crippen molar-refractivity contribution in [3.8, 4) is 11.5 Å². The smallest absolute Gasteiger partial charge is 0.341 e. The molecule has 2 aromatic rings. The standard InChI is InChI=1S/C24H26N2O5S/c1-4-17-9-7-8-10-18(17)25-24-26(5-2)23(29)21(32-24)14-16-11-12-19(31-15-22(27)28)20(13-16)30-6-3/h7-14H,4-6,15H2,1-3H3,(H,27,28)/b21-14+,25-24?. The average molecular weight is 455 g/mol. The molecule has 0 unspecified atom stereocenters. The van der Waals surface area contributed by atoms with Crippen molar-refractivity contribution in [1.82, 2.24) is 4.90 Å². The van der Waals surface area contributed by atoms with E-state index < -0.39 is 12.6 Å². The lowest BCUT2D eigenvalue weighted by Gasteiger charge is -2.13. The second-order valence-electron chi connectivity index (χ2n) is 6.86. The van der Waals surface area contributed by atoms with Gasteiger partial charge in [0.15, 0.2) is 23.3 Å². The molecule has 0 atom stereocenters. The summed E-state index contributed by atoms with van der Waals surface area (Å²) in [5.74, 6) is -0.399. The molecule has 1 heterocycles. The van der Waals surface area contributed by atoms with Gasteiger partial charge < -0.3 is 14.6 Å². The maximum absolute atomic E-state index is 13.0. The minimum atomic E-state index is -1.07. The molecule has 0 aromatic heterocycles. The number of likely N-dealkylation sites (N-methyl/N-ethyl adjacent to an activating group) is 1. The Labute approximate surface area is 191 Å². The molecule has 1 amide bonds. The van der Waals surface area contributed by atoms with Crippen LogP contribution >= 0.6 is 11.8 Å². The van der Waals surface area contributed by atoms with Crippen molar-refractivity contribution in [1.29, 1.82) is 0 Å². The van der Waals surface area contributed by atoms with Crippen molar-refractivity contribution in [2.75, 3.05) is 19.8 Å². The van der Waals surface area contributed by atoms with E-state index in [9.17, 15) is 9.59 Å². The second kappa shape index (κ2) is 10.9. The van der Waals surface area contributed by atoms with Gasteiger partial charge in [0.05, 0.1) is 17.2 Å². The zero-order valence-electron chi connectivity index (χ0n) is 18.3. The fourth-order valence-electron chi connectivity index (χ4n) is 3.18. The Hall–Kier alpha value is -3.26. The van der Waals surface area contributed by atoms with Gasteiger partial charge in [-0.3, -0.25) is 9.69 Å². The van der Waals surface area contributed by atoms with Crippen LogP contribution in [-0.2, 0) is 16.0 Å². The molecular formula is C24H26N2O5S. The SMILES string of the molecule is CCOc1cc(/C=C2/SC(=Nc3ccccc3CC)N(CC)C2=O)ccc1OCC(=O)O. The lowest BCUT2D eigenvalue weighted by molar-refractivity contribution is -0.139. The molecule has 0 radical (unpaired) electrons. The maximum atomic E-state index is 13.0. The molecule has 1 aliphatic rings. The van der Waals surface area contributed by atoms with Gasteiger partial charge in [-0.15, -0.1) is 0 Å². The fourth-order valence-corrected chi connectivity index (χ4v) is 4.24. The van der Waals surface area contributed by atoms with Crippen LogP contribution in [0.3, 0.4) is 0 Å². The molecule has 0 saturated carbocycles. The van der Waals surface area contributed by atoms with E-state index in [-0.39, 0.29) is 5.91 Å². The largest absolute Gasteiger partial charge is 0.490 e. The van der Waals surface area contributed by atoms with Gasteiger partial charge in [0.1, 0.15) is 0 Å². The number of para-hydroxylation sites is 1. The van der Waals surface area contributed by atoms with Crippen molar-refractivity contribution in [3.63, 3.8) is 0 Å². The molecule has 1 aliphatic heterocycles. The number of thioether (sulfide) groups is 1. The highest BCUT2D eigenvalue weighted by atomic mass is 32.2. The van der Waals surface area contributed by atoms with Crippen LogP contribution in [0.2, 0.25) is 0 Å². The Balaban J connectivity index is 1.91. The highest BCUT2D eigenvalue weighted by Gasteiger charge is 2.32. The van der Waals surface area contributed by atoms with E-state index in [2.05, 4.69) is 6.92 Å². The number of carboxylic acids is 1. The third-order valence-electron chi connectivity index (χ3n) is 4.71. The third-order valence-corrected chi connectivity index (χ3v) is 5.72. The van der Waals surface area contributed by atoms with Gasteiger partial charge in [-0.1, -0.05) is 31.2 Å². The summed E-state index contributed by atoms with van der Waals surface area (Å²) in [5.41, 5.74) is 2.74. The number of carbonyl (C=O) groups is 2. The highest BCUT2D eigenvalue weighted by Crippen LogP contribution is 2.36. The van der Waals surface area contributed by atoms with Crippen LogP contribution in [0.5, 0.6) is 11.5 Å². The summed E-state index contributed by atoms with van der Waals surface area (Å²) in [5, 5.41) is 9.50. The molecule has 1 N–H and O–H groups in total. The summed E-state index contributed by atoms with van der Waals surface area (Å²) in [6.07, 6.45) is 2.64. The predicted octanol–water partition coefficient (Wildman–Crippen LogP) is 4.74. The molecule has 2 aromatic carbocycles. The summed E-state index contributed by atoms with van der Waals surface area (Å²) in [6.45, 7) is 6.29. The van der Waals surface area contributed by atoms with Crippen LogP contribution < -0.4 is 9.47 Å². The number of hydrogen-bond acceptors (Lipinski definition) is 6. The minimum Gasteiger partial charge on any atom is -0.490 e. The topological polar surface area (TPSA) is 88.4 Å². The second-order valence-corrected chi connectivity index (χ2v) is 7.87. The number of aliphatic carboxylic acids is 1. The molecule has 32 heavy (non-hydrogen) atoms. The molecule has 3 rings (SSSR count). The van der Waals surface area contributed by atoms with E-state index >= 15 is 0 Å². The van der Waals surface area contributed by atoms with Gasteiger partial charge >= 0.3 is 5.97 Å². The quantitative estimate of drug-likeness (QED) is 0.551. The average Bonchev–Trinajstić information content (AvgIpc) is 3.07. The van der Waals surface area contributed by atoms with Crippen molar-refractivity contribution in [2.45, 2.75) is 27.2 Å². The molecule has 8 heteroatoms. The van der Waals surface area contributed by atoms with Crippen LogP contribution in [0.15, 0.2) is 52.4 Å². The van der Waals surface area contributed by atoms with E-state index in [1.54, 1.807) is 29.2 Å². The van der Waals surface area contributed by atoms with Crippen LogP contribution in [-0.4, -0.2) is 46.8 Å². The van der Waals surface area contributed by atoms with Gasteiger partial charge in [0, 0.05) is 6.54 Å². The fraction of sp³-hybridized carbons (Fsp3) is 0.292. The van der Waals surface area contributed by atoms with Gasteiger partial charge in [-0.05, 0) is 67.4 Å². The van der Waals surface area contributed by atoms with Crippen molar-refractivity contribution >= 4 is 40.6 Å². The maximum Gasteiger partial charge on any atom is 0.341 e. The molecule has 1 fully saturated rings. The van der Waals surface area contributed by atoms with E-state index in [0.29, 0.717) is 34.7 Å². The number of benzene rings is 2. The molecular weight excluding hydrogens is 428 g/mol. The first-order chi connectivity index (χ1) is 15.5. The highest BCUT2D eigenvalue weighted by molar-refractivity contribution is 8.18. The van der Waals surface area contributed by atoms with Gasteiger partial charge in [-0.2, -0.15) is 0 Å². The Kier molecular flexibility index (Phi) is 7.94. The number of carboxylic acid groups (broad SMARTS) is 1. The number of amidine groups is 1. The first kappa shape index (κ1) is 23.4. The molecule has 0 aliphatic carbocycles. The van der Waals surface area contributed by atoms with E-state index in [4.69, 9.17) is 19.6 Å². The zero-order valence-corrected chi connectivity index (χ0v) is 19.1. The Morgan fingerprint density at radius 3 is 2.59 bits per heavy atom. The lowest BCUT2D eigenvalue weighted by atomic mass is 10.1. The summed E-state index contributed by atoms with van der Waals surface area (Å²) >= 11 is 1.34. The molecule has 0 bridgehead atoms. The normalized spacial score (nSPS) is 16.1. The molecule has 0 spiro atoms. The number of hydrogen-bond donors (Lipinski definition) is 1. The van der Waals surface area contributed by atoms with Crippen LogP contribution in [0, 0.1) is 0 Å². The molecule has 1 saturated heterocycles. The third kappa shape index (κ3) is 5.50. The number of amides is 1. The number of aliphatic imine (C=N–C) groups is 1. The predicted molar refractivity (Wildman–Crippen MR) is 127 cm³/mol. The first-order valence-corrected chi connectivity index (χ1v) is 11.3. The number of rotatable bonds is 9. The summed E-state index contributed by atoms with van der Waals surface area (Å²) in [7, 11) is 0. The number of aryl methyl sites for hydroxylation is 1. The van der Waals surface area contributed by atoms with E-state index in [0.717, 1.165) is 23.2 Å². The minimum absolute atomic E-state index is 0.102. The van der Waals surface area contributed by atoms with Crippen LogP contribution in [0.4, 0.5) is 5.69 Å². The number of carbonyl (C=O) groups excluding carboxylic acids is 1. The van der Waals surface area contributed by atoms with Gasteiger partial charge in [0.2, 0.25) is 0 Å². The zero-order chi connectivity index (χ0) is 23.1. The Morgan fingerprint density at radius 2 is 1.91 bits per heavy atom. The van der Waals surface area contributed by atoms with Crippen LogP contribution in [0.25, 0.3) is 6.08 Å². The van der Waals surface area contributed by atoms with Crippen LogP contribution in [0.1, 0.15) is 31.9 Å². The molecule has 168 valence electrons. The Bertz CT molecular complexity index is 1060.